The van der Waals surface area contributed by atoms with Gasteiger partial charge in [0.1, 0.15) is 6.54 Å². The van der Waals surface area contributed by atoms with E-state index in [1.54, 1.807) is 11.9 Å². The average molecular weight is 335 g/mol. The summed E-state index contributed by atoms with van der Waals surface area (Å²) in [7, 11) is 0. The van der Waals surface area contributed by atoms with E-state index in [4.69, 9.17) is 11.6 Å². The maximum atomic E-state index is 12.2. The summed E-state index contributed by atoms with van der Waals surface area (Å²) >= 11 is 7.81. The Hall–Kier alpha value is -1.33. The number of amides is 1. The monoisotopic (exact) mass is 334 g/mol. The zero-order chi connectivity index (χ0) is 15.6. The number of hydrogen-bond acceptors (Lipinski definition) is 3. The molecule has 1 heterocycles. The highest BCUT2D eigenvalue weighted by atomic mass is 35.5. The molecule has 0 radical (unpaired) electrons. The maximum absolute atomic E-state index is 12.2. The van der Waals surface area contributed by atoms with E-state index in [1.165, 1.54) is 0 Å². The Morgan fingerprint density at radius 2 is 1.91 bits per heavy atom. The summed E-state index contributed by atoms with van der Waals surface area (Å²) < 4.78 is 0.180. The normalized spacial score (nSPS) is 21.0. The number of quaternary nitrogens is 1. The Morgan fingerprint density at radius 1 is 1.18 bits per heavy atom. The first-order valence-corrected chi connectivity index (χ1v) is 8.52. The molecule has 1 amide bonds. The van der Waals surface area contributed by atoms with Crippen molar-refractivity contribution in [2.24, 2.45) is 0 Å². The Bertz CT molecular complexity index is 681. The second-order valence-electron chi connectivity index (χ2n) is 5.23. The molecule has 3 nitrogen and oxygen atoms in total. The van der Waals surface area contributed by atoms with Crippen LogP contribution in [0.2, 0.25) is 5.02 Å². The number of aliphatic hydroxyl groups is 1. The molecule has 0 saturated carbocycles. The SMILES string of the molecule is O=C(CO)[N+]1(c2ccc(-c3ccccc3Cl)cc2)CCCS1. The van der Waals surface area contributed by atoms with E-state index in [-0.39, 0.29) is 9.80 Å². The van der Waals surface area contributed by atoms with Gasteiger partial charge in [0.05, 0.1) is 17.7 Å². The van der Waals surface area contributed by atoms with Gasteiger partial charge in [0.15, 0.2) is 12.3 Å². The molecule has 1 aliphatic heterocycles. The van der Waals surface area contributed by atoms with Crippen LogP contribution in [0.3, 0.4) is 0 Å². The Labute approximate surface area is 139 Å². The molecule has 5 heteroatoms. The first kappa shape index (κ1) is 15.6. The number of halogens is 1. The highest BCUT2D eigenvalue weighted by molar-refractivity contribution is 7.99. The maximum Gasteiger partial charge on any atom is 0.355 e. The molecule has 114 valence electrons. The molecule has 0 spiro atoms. The lowest BCUT2D eigenvalue weighted by Crippen LogP contribution is -2.47. The first-order chi connectivity index (χ1) is 10.7. The van der Waals surface area contributed by atoms with E-state index in [0.29, 0.717) is 5.02 Å². The number of aliphatic hydroxyl groups excluding tert-OH is 1. The van der Waals surface area contributed by atoms with E-state index in [1.807, 2.05) is 48.5 Å². The van der Waals surface area contributed by atoms with Gasteiger partial charge in [0, 0.05) is 29.1 Å². The summed E-state index contributed by atoms with van der Waals surface area (Å²) in [6, 6.07) is 15.6. The van der Waals surface area contributed by atoms with Crippen molar-refractivity contribution in [1.29, 1.82) is 0 Å². The Kier molecular flexibility index (Phi) is 4.54. The van der Waals surface area contributed by atoms with Gasteiger partial charge in [-0.25, -0.2) is 4.79 Å². The largest absolute Gasteiger partial charge is 0.382 e. The van der Waals surface area contributed by atoms with Gasteiger partial charge < -0.3 is 5.11 Å². The van der Waals surface area contributed by atoms with Crippen molar-refractivity contribution in [1.82, 2.24) is 3.89 Å². The van der Waals surface area contributed by atoms with Gasteiger partial charge in [-0.2, -0.15) is 3.89 Å². The molecule has 0 aromatic heterocycles. The predicted molar refractivity (Wildman–Crippen MR) is 92.7 cm³/mol. The second kappa shape index (κ2) is 6.42. The number of rotatable bonds is 3. The van der Waals surface area contributed by atoms with Gasteiger partial charge >= 0.3 is 5.91 Å². The molecule has 2 aromatic rings. The number of carbonyl (C=O) groups is 1. The zero-order valence-electron chi connectivity index (χ0n) is 12.0. The van der Waals surface area contributed by atoms with E-state index in [9.17, 15) is 9.90 Å². The molecule has 1 atom stereocenters. The van der Waals surface area contributed by atoms with Gasteiger partial charge in [-0.3, -0.25) is 0 Å². The standard InChI is InChI=1S/C17H17ClNO2S/c18-16-5-2-1-4-15(16)13-6-8-14(9-7-13)19(17(21)12-20)10-3-11-22-19/h1-2,4-9,20H,3,10-12H2/q+1. The highest BCUT2D eigenvalue weighted by Gasteiger charge is 2.43. The van der Waals surface area contributed by atoms with Crippen LogP contribution in [0.1, 0.15) is 6.42 Å². The van der Waals surface area contributed by atoms with Crippen LogP contribution in [-0.2, 0) is 4.79 Å². The fraction of sp³-hybridized carbons (Fsp3) is 0.235. The number of benzene rings is 2. The summed E-state index contributed by atoms with van der Waals surface area (Å²) in [4.78, 5) is 12.2. The predicted octanol–water partition coefficient (Wildman–Crippen LogP) is 3.89. The lowest BCUT2D eigenvalue weighted by molar-refractivity contribution is -0.128. The third-order valence-corrected chi connectivity index (χ3v) is 5.78. The number of carbonyl (C=O) groups excluding carboxylic acids is 1. The van der Waals surface area contributed by atoms with Gasteiger partial charge in [0.25, 0.3) is 0 Å². The van der Waals surface area contributed by atoms with Gasteiger partial charge in [0.2, 0.25) is 0 Å². The minimum absolute atomic E-state index is 0.159. The van der Waals surface area contributed by atoms with Crippen LogP contribution in [-0.4, -0.2) is 29.9 Å². The van der Waals surface area contributed by atoms with E-state index < -0.39 is 6.61 Å². The van der Waals surface area contributed by atoms with E-state index >= 15 is 0 Å². The van der Waals surface area contributed by atoms with E-state index in [0.717, 1.165) is 35.5 Å². The third-order valence-electron chi connectivity index (χ3n) is 3.94. The number of nitrogens with zero attached hydrogens (tertiary/aromatic N) is 1. The average Bonchev–Trinajstić information content (AvgIpc) is 3.06. The molecule has 1 saturated heterocycles. The topological polar surface area (TPSA) is 37.3 Å². The van der Waals surface area contributed by atoms with Crippen LogP contribution >= 0.6 is 23.5 Å². The smallest absolute Gasteiger partial charge is 0.355 e. The summed E-state index contributed by atoms with van der Waals surface area (Å²) in [5, 5.41) is 10.0. The summed E-state index contributed by atoms with van der Waals surface area (Å²) in [5.41, 5.74) is 2.91. The molecule has 3 rings (SSSR count). The van der Waals surface area contributed by atoms with Crippen LogP contribution in [0.25, 0.3) is 11.1 Å². The molecule has 0 bridgehead atoms. The Morgan fingerprint density at radius 3 is 2.50 bits per heavy atom. The van der Waals surface area contributed by atoms with Crippen molar-refractivity contribution in [3.05, 3.63) is 53.6 Å². The molecule has 1 aliphatic rings. The fourth-order valence-electron chi connectivity index (χ4n) is 2.81. The molecule has 22 heavy (non-hydrogen) atoms. The van der Waals surface area contributed by atoms with Crippen molar-refractivity contribution in [2.45, 2.75) is 6.42 Å². The van der Waals surface area contributed by atoms with E-state index in [2.05, 4.69) is 0 Å². The van der Waals surface area contributed by atoms with Gasteiger partial charge in [-0.1, -0.05) is 29.8 Å². The minimum atomic E-state index is -0.431. The lowest BCUT2D eigenvalue weighted by Gasteiger charge is -2.27. The quantitative estimate of drug-likeness (QED) is 0.683. The van der Waals surface area contributed by atoms with Crippen LogP contribution in [0.4, 0.5) is 5.69 Å². The van der Waals surface area contributed by atoms with Crippen molar-refractivity contribution >= 4 is 35.1 Å². The van der Waals surface area contributed by atoms with Gasteiger partial charge in [-0.05, 0) is 23.8 Å². The second-order valence-corrected chi connectivity index (χ2v) is 6.93. The van der Waals surface area contributed by atoms with Crippen LogP contribution in [0.5, 0.6) is 0 Å². The van der Waals surface area contributed by atoms with Crippen LogP contribution < -0.4 is 3.89 Å². The van der Waals surface area contributed by atoms with Crippen molar-refractivity contribution in [2.75, 3.05) is 18.9 Å². The molecule has 0 aliphatic carbocycles. The van der Waals surface area contributed by atoms with Crippen LogP contribution in [0, 0.1) is 0 Å². The molecule has 2 aromatic carbocycles. The highest BCUT2D eigenvalue weighted by Crippen LogP contribution is 2.39. The minimum Gasteiger partial charge on any atom is -0.382 e. The van der Waals surface area contributed by atoms with Crippen molar-refractivity contribution in [3.63, 3.8) is 0 Å². The summed E-state index contributed by atoms with van der Waals surface area (Å²) in [6.45, 7) is 0.300. The summed E-state index contributed by atoms with van der Waals surface area (Å²) in [5.74, 6) is 0.769. The molecular formula is C17H17ClNO2S+. The molecule has 1 N–H and O–H groups in total. The fourth-order valence-corrected chi connectivity index (χ4v) is 4.35. The Balaban J connectivity index is 1.97. The lowest BCUT2D eigenvalue weighted by atomic mass is 10.1. The van der Waals surface area contributed by atoms with Crippen LogP contribution in [0.15, 0.2) is 48.5 Å². The first-order valence-electron chi connectivity index (χ1n) is 7.20. The third kappa shape index (κ3) is 2.68. The zero-order valence-corrected chi connectivity index (χ0v) is 13.6. The van der Waals surface area contributed by atoms with Crippen molar-refractivity contribution in [3.8, 4) is 11.1 Å². The summed E-state index contributed by atoms with van der Waals surface area (Å²) in [6.07, 6.45) is 0.975. The molecule has 1 unspecified atom stereocenters. The van der Waals surface area contributed by atoms with Crippen molar-refractivity contribution < 1.29 is 9.90 Å². The van der Waals surface area contributed by atoms with Gasteiger partial charge in [-0.15, -0.1) is 0 Å². The molecular weight excluding hydrogens is 318 g/mol. The number of hydrogen-bond donors (Lipinski definition) is 1. The molecule has 1 fully saturated rings.